The van der Waals surface area contributed by atoms with Crippen molar-refractivity contribution in [3.8, 4) is 0 Å². The van der Waals surface area contributed by atoms with Gasteiger partial charge in [-0.15, -0.1) is 0 Å². The van der Waals surface area contributed by atoms with E-state index in [0.29, 0.717) is 0 Å². The summed E-state index contributed by atoms with van der Waals surface area (Å²) in [6.45, 7) is 4.40. The molecule has 0 aromatic carbocycles. The van der Waals surface area contributed by atoms with Gasteiger partial charge in [0, 0.05) is 38.6 Å². The summed E-state index contributed by atoms with van der Waals surface area (Å²) < 4.78 is 2.15. The van der Waals surface area contributed by atoms with E-state index >= 15 is 0 Å². The van der Waals surface area contributed by atoms with Crippen LogP contribution in [0.1, 0.15) is 0 Å². The van der Waals surface area contributed by atoms with E-state index in [1.165, 1.54) is 0 Å². The maximum absolute atomic E-state index is 3.32. The van der Waals surface area contributed by atoms with Gasteiger partial charge >= 0.3 is 0 Å². The number of rotatable bonds is 1. The van der Waals surface area contributed by atoms with Crippen LogP contribution in [0.15, 0.2) is 24.5 Å². The Balaban J connectivity index is 2.04. The van der Waals surface area contributed by atoms with E-state index < -0.39 is 0 Å². The van der Waals surface area contributed by atoms with Crippen LogP contribution in [0.5, 0.6) is 0 Å². The molecular formula is C8H13N3. The highest BCUT2D eigenvalue weighted by molar-refractivity contribution is 4.99. The minimum absolute atomic E-state index is 1.10. The minimum atomic E-state index is 1.10. The lowest BCUT2D eigenvalue weighted by atomic mass is 10.4. The first-order valence-corrected chi connectivity index (χ1v) is 4.06. The Morgan fingerprint density at radius 1 is 1.00 bits per heavy atom. The molecule has 1 saturated heterocycles. The van der Waals surface area contributed by atoms with Crippen LogP contribution in [-0.2, 0) is 0 Å². The summed E-state index contributed by atoms with van der Waals surface area (Å²) in [5.41, 5.74) is 0. The van der Waals surface area contributed by atoms with Gasteiger partial charge in [0.05, 0.1) is 0 Å². The van der Waals surface area contributed by atoms with Crippen molar-refractivity contribution in [2.75, 3.05) is 31.2 Å². The summed E-state index contributed by atoms with van der Waals surface area (Å²) in [5.74, 6) is 0. The molecule has 0 unspecified atom stereocenters. The van der Waals surface area contributed by atoms with E-state index in [0.717, 1.165) is 26.2 Å². The van der Waals surface area contributed by atoms with Gasteiger partial charge in [-0.05, 0) is 12.1 Å². The number of hydrogen-bond donors (Lipinski definition) is 1. The molecule has 60 valence electrons. The van der Waals surface area contributed by atoms with Crippen LogP contribution in [0.3, 0.4) is 0 Å². The zero-order valence-corrected chi connectivity index (χ0v) is 6.53. The number of nitrogens with one attached hydrogen (secondary N) is 1. The van der Waals surface area contributed by atoms with Gasteiger partial charge in [0.25, 0.3) is 0 Å². The summed E-state index contributed by atoms with van der Waals surface area (Å²) in [4.78, 5) is 0. The predicted molar refractivity (Wildman–Crippen MR) is 45.3 cm³/mol. The Morgan fingerprint density at radius 3 is 2.27 bits per heavy atom. The van der Waals surface area contributed by atoms with Gasteiger partial charge in [-0.1, -0.05) is 0 Å². The van der Waals surface area contributed by atoms with Crippen molar-refractivity contribution in [2.45, 2.75) is 0 Å². The Hall–Kier alpha value is -0.960. The lowest BCUT2D eigenvalue weighted by molar-refractivity contribution is 0.492. The summed E-state index contributed by atoms with van der Waals surface area (Å²) in [5, 5.41) is 5.65. The van der Waals surface area contributed by atoms with Crippen LogP contribution in [0, 0.1) is 0 Å². The van der Waals surface area contributed by atoms with Gasteiger partial charge in [0.2, 0.25) is 0 Å². The van der Waals surface area contributed by atoms with Crippen LogP contribution in [0.25, 0.3) is 0 Å². The standard InChI is InChI=1S/C8H13N3/c1-2-6-10(5-1)11-7-3-9-4-8-11/h1-2,5-6,9H,3-4,7-8H2. The van der Waals surface area contributed by atoms with E-state index in [9.17, 15) is 0 Å². The molecule has 1 fully saturated rings. The van der Waals surface area contributed by atoms with Crippen molar-refractivity contribution < 1.29 is 0 Å². The molecule has 0 bridgehead atoms. The summed E-state index contributed by atoms with van der Waals surface area (Å²) in [7, 11) is 0. The van der Waals surface area contributed by atoms with Gasteiger partial charge in [-0.3, -0.25) is 4.68 Å². The van der Waals surface area contributed by atoms with E-state index in [2.05, 4.69) is 39.5 Å². The average Bonchev–Trinajstić information content (AvgIpc) is 2.58. The van der Waals surface area contributed by atoms with Crippen molar-refractivity contribution >= 4 is 0 Å². The molecule has 1 aromatic rings. The first-order chi connectivity index (χ1) is 5.47. The molecule has 2 rings (SSSR count). The highest BCUT2D eigenvalue weighted by Gasteiger charge is 2.07. The number of aromatic nitrogens is 1. The Kier molecular flexibility index (Phi) is 1.81. The zero-order chi connectivity index (χ0) is 7.52. The Bertz CT molecular complexity index is 199. The summed E-state index contributed by atoms with van der Waals surface area (Å²) in [6, 6.07) is 4.12. The molecule has 0 radical (unpaired) electrons. The third kappa shape index (κ3) is 1.38. The molecule has 0 amide bonds. The fraction of sp³-hybridized carbons (Fsp3) is 0.500. The monoisotopic (exact) mass is 151 g/mol. The third-order valence-electron chi connectivity index (χ3n) is 2.01. The van der Waals surface area contributed by atoms with E-state index in [-0.39, 0.29) is 0 Å². The average molecular weight is 151 g/mol. The largest absolute Gasteiger partial charge is 0.313 e. The molecule has 3 heteroatoms. The van der Waals surface area contributed by atoms with Crippen LogP contribution in [0.2, 0.25) is 0 Å². The molecule has 0 spiro atoms. The van der Waals surface area contributed by atoms with Gasteiger partial charge < -0.3 is 10.3 Å². The van der Waals surface area contributed by atoms with Crippen molar-refractivity contribution in [1.82, 2.24) is 9.99 Å². The van der Waals surface area contributed by atoms with E-state index in [1.807, 2.05) is 0 Å². The maximum atomic E-state index is 3.32. The quantitative estimate of drug-likeness (QED) is 0.611. The fourth-order valence-corrected chi connectivity index (χ4v) is 1.40. The Labute approximate surface area is 66.6 Å². The molecule has 1 N–H and O–H groups in total. The molecule has 0 saturated carbocycles. The molecular weight excluding hydrogens is 138 g/mol. The van der Waals surface area contributed by atoms with Gasteiger partial charge in [-0.25, -0.2) is 0 Å². The van der Waals surface area contributed by atoms with Crippen molar-refractivity contribution in [2.24, 2.45) is 0 Å². The highest BCUT2D eigenvalue weighted by Crippen LogP contribution is 1.94. The van der Waals surface area contributed by atoms with Crippen molar-refractivity contribution in [1.29, 1.82) is 0 Å². The molecule has 1 aliphatic rings. The van der Waals surface area contributed by atoms with Gasteiger partial charge in [0.1, 0.15) is 0 Å². The molecule has 3 nitrogen and oxygen atoms in total. The van der Waals surface area contributed by atoms with Crippen LogP contribution in [0.4, 0.5) is 0 Å². The fourth-order valence-electron chi connectivity index (χ4n) is 1.40. The lowest BCUT2D eigenvalue weighted by Crippen LogP contribution is -2.48. The second-order valence-corrected chi connectivity index (χ2v) is 2.77. The number of piperazine rings is 1. The molecule has 0 atom stereocenters. The van der Waals surface area contributed by atoms with Crippen molar-refractivity contribution in [3.05, 3.63) is 24.5 Å². The molecule has 2 heterocycles. The lowest BCUT2D eigenvalue weighted by Gasteiger charge is -2.30. The Morgan fingerprint density at radius 2 is 1.64 bits per heavy atom. The number of nitrogens with zero attached hydrogens (tertiary/aromatic N) is 2. The summed E-state index contributed by atoms with van der Waals surface area (Å²) >= 11 is 0. The number of hydrogen-bond acceptors (Lipinski definition) is 2. The topological polar surface area (TPSA) is 20.2 Å². The molecule has 1 aromatic heterocycles. The first-order valence-electron chi connectivity index (χ1n) is 4.06. The molecule has 11 heavy (non-hydrogen) atoms. The second-order valence-electron chi connectivity index (χ2n) is 2.77. The van der Waals surface area contributed by atoms with Crippen LogP contribution in [-0.4, -0.2) is 30.9 Å². The van der Waals surface area contributed by atoms with Crippen LogP contribution >= 0.6 is 0 Å². The van der Waals surface area contributed by atoms with E-state index in [1.54, 1.807) is 0 Å². The maximum Gasteiger partial charge on any atom is 0.0469 e. The summed E-state index contributed by atoms with van der Waals surface area (Å²) in [6.07, 6.45) is 4.18. The second kappa shape index (κ2) is 2.96. The highest BCUT2D eigenvalue weighted by atomic mass is 15.5. The molecule has 0 aliphatic carbocycles. The zero-order valence-electron chi connectivity index (χ0n) is 6.53. The normalized spacial score (nSPS) is 18.7. The van der Waals surface area contributed by atoms with Crippen molar-refractivity contribution in [3.63, 3.8) is 0 Å². The smallest absolute Gasteiger partial charge is 0.0469 e. The van der Waals surface area contributed by atoms with E-state index in [4.69, 9.17) is 0 Å². The minimum Gasteiger partial charge on any atom is -0.313 e. The third-order valence-corrected chi connectivity index (χ3v) is 2.01. The SMILES string of the molecule is c1ccn(N2CCNCC2)c1. The van der Waals surface area contributed by atoms with Gasteiger partial charge in [-0.2, -0.15) is 0 Å². The predicted octanol–water partition coefficient (Wildman–Crippen LogP) is 0.0293. The van der Waals surface area contributed by atoms with Gasteiger partial charge in [0.15, 0.2) is 0 Å². The molecule has 1 aliphatic heterocycles. The van der Waals surface area contributed by atoms with Crippen LogP contribution < -0.4 is 10.3 Å². The first kappa shape index (κ1) is 6.73.